The molecule has 4 nitrogen and oxygen atoms in total. The average molecular weight is 243 g/mol. The summed E-state index contributed by atoms with van der Waals surface area (Å²) in [6, 6.07) is 0. The van der Waals surface area contributed by atoms with Gasteiger partial charge in [0.2, 0.25) is 5.91 Å². The van der Waals surface area contributed by atoms with Crippen LogP contribution < -0.4 is 0 Å². The molecule has 0 aliphatic heterocycles. The van der Waals surface area contributed by atoms with Gasteiger partial charge < -0.3 is 14.4 Å². The summed E-state index contributed by atoms with van der Waals surface area (Å²) >= 11 is 0. The number of carbonyl (C=O) groups is 1. The molecule has 0 aromatic rings. The van der Waals surface area contributed by atoms with Crippen LogP contribution in [0.5, 0.6) is 0 Å². The van der Waals surface area contributed by atoms with Gasteiger partial charge in [0.15, 0.2) is 0 Å². The van der Waals surface area contributed by atoms with Crippen LogP contribution in [-0.2, 0) is 14.3 Å². The van der Waals surface area contributed by atoms with Crippen molar-refractivity contribution in [2.24, 2.45) is 5.92 Å². The van der Waals surface area contributed by atoms with Gasteiger partial charge in [-0.2, -0.15) is 0 Å². The number of ether oxygens (including phenoxy) is 2. The van der Waals surface area contributed by atoms with Gasteiger partial charge in [-0.1, -0.05) is 19.3 Å². The van der Waals surface area contributed by atoms with Crippen LogP contribution in [0.3, 0.4) is 0 Å². The zero-order valence-corrected chi connectivity index (χ0v) is 11.1. The monoisotopic (exact) mass is 243 g/mol. The van der Waals surface area contributed by atoms with Crippen LogP contribution in [-0.4, -0.2) is 51.3 Å². The van der Waals surface area contributed by atoms with Crippen molar-refractivity contribution in [2.75, 3.05) is 40.5 Å². The van der Waals surface area contributed by atoms with Crippen LogP contribution in [0.2, 0.25) is 0 Å². The second-order valence-electron chi connectivity index (χ2n) is 4.65. The Kier molecular flexibility index (Phi) is 7.21. The Morgan fingerprint density at radius 3 is 2.06 bits per heavy atom. The third-order valence-corrected chi connectivity index (χ3v) is 3.40. The Balaban J connectivity index is 2.44. The highest BCUT2D eigenvalue weighted by Crippen LogP contribution is 2.25. The van der Waals surface area contributed by atoms with E-state index < -0.39 is 0 Å². The molecular formula is C13H25NO3. The molecule has 0 saturated heterocycles. The molecule has 0 aromatic carbocycles. The van der Waals surface area contributed by atoms with Gasteiger partial charge in [0, 0.05) is 33.2 Å². The minimum Gasteiger partial charge on any atom is -0.383 e. The smallest absolute Gasteiger partial charge is 0.225 e. The van der Waals surface area contributed by atoms with E-state index in [1.165, 1.54) is 19.3 Å². The second-order valence-corrected chi connectivity index (χ2v) is 4.65. The fraction of sp³-hybridized carbons (Fsp3) is 0.923. The molecule has 1 fully saturated rings. The van der Waals surface area contributed by atoms with Crippen molar-refractivity contribution in [3.8, 4) is 0 Å². The van der Waals surface area contributed by atoms with E-state index in [0.29, 0.717) is 32.2 Å². The van der Waals surface area contributed by atoms with Crippen LogP contribution >= 0.6 is 0 Å². The fourth-order valence-corrected chi connectivity index (χ4v) is 2.34. The lowest BCUT2D eigenvalue weighted by Gasteiger charge is -2.29. The number of carbonyl (C=O) groups excluding carboxylic acids is 1. The Morgan fingerprint density at radius 2 is 1.59 bits per heavy atom. The first-order valence-corrected chi connectivity index (χ1v) is 6.56. The SMILES string of the molecule is COCCN(CCOC)C(=O)C1CCCCC1. The summed E-state index contributed by atoms with van der Waals surface area (Å²) in [5.41, 5.74) is 0. The molecule has 0 radical (unpaired) electrons. The van der Waals surface area contributed by atoms with Gasteiger partial charge in [-0.25, -0.2) is 0 Å². The van der Waals surface area contributed by atoms with Gasteiger partial charge >= 0.3 is 0 Å². The normalized spacial score (nSPS) is 17.1. The van der Waals surface area contributed by atoms with E-state index >= 15 is 0 Å². The Hall–Kier alpha value is -0.610. The largest absolute Gasteiger partial charge is 0.383 e. The number of hydrogen-bond donors (Lipinski definition) is 0. The maximum Gasteiger partial charge on any atom is 0.225 e. The van der Waals surface area contributed by atoms with E-state index in [1.807, 2.05) is 4.90 Å². The minimum atomic E-state index is 0.234. The highest BCUT2D eigenvalue weighted by atomic mass is 16.5. The van der Waals surface area contributed by atoms with Crippen molar-refractivity contribution < 1.29 is 14.3 Å². The highest BCUT2D eigenvalue weighted by molar-refractivity contribution is 5.78. The summed E-state index contributed by atoms with van der Waals surface area (Å²) in [6.07, 6.45) is 5.77. The maximum absolute atomic E-state index is 12.3. The summed E-state index contributed by atoms with van der Waals surface area (Å²) in [7, 11) is 3.33. The topological polar surface area (TPSA) is 38.8 Å². The first kappa shape index (κ1) is 14.5. The van der Waals surface area contributed by atoms with Crippen LogP contribution in [0.15, 0.2) is 0 Å². The number of nitrogens with zero attached hydrogens (tertiary/aromatic N) is 1. The summed E-state index contributed by atoms with van der Waals surface area (Å²) < 4.78 is 10.1. The molecule has 1 aliphatic carbocycles. The maximum atomic E-state index is 12.3. The van der Waals surface area contributed by atoms with Crippen molar-refractivity contribution in [1.29, 1.82) is 0 Å². The zero-order chi connectivity index (χ0) is 12.5. The minimum absolute atomic E-state index is 0.234. The molecule has 0 unspecified atom stereocenters. The van der Waals surface area contributed by atoms with E-state index in [2.05, 4.69) is 0 Å². The summed E-state index contributed by atoms with van der Waals surface area (Å²) in [5.74, 6) is 0.524. The van der Waals surface area contributed by atoms with E-state index in [4.69, 9.17) is 9.47 Å². The number of rotatable bonds is 7. The van der Waals surface area contributed by atoms with Crippen LogP contribution in [0.4, 0.5) is 0 Å². The van der Waals surface area contributed by atoms with Crippen molar-refractivity contribution in [3.05, 3.63) is 0 Å². The van der Waals surface area contributed by atoms with E-state index in [0.717, 1.165) is 12.8 Å². The summed E-state index contributed by atoms with van der Waals surface area (Å²) in [6.45, 7) is 2.55. The fourth-order valence-electron chi connectivity index (χ4n) is 2.34. The molecule has 0 spiro atoms. The third kappa shape index (κ3) is 5.04. The first-order valence-electron chi connectivity index (χ1n) is 6.56. The standard InChI is InChI=1S/C13H25NO3/c1-16-10-8-14(9-11-17-2)13(15)12-6-4-3-5-7-12/h12H,3-11H2,1-2H3. The van der Waals surface area contributed by atoms with Gasteiger partial charge in [0.05, 0.1) is 13.2 Å². The molecule has 0 heterocycles. The molecular weight excluding hydrogens is 218 g/mol. The van der Waals surface area contributed by atoms with E-state index in [9.17, 15) is 4.79 Å². The lowest BCUT2D eigenvalue weighted by Crippen LogP contribution is -2.40. The molecule has 17 heavy (non-hydrogen) atoms. The van der Waals surface area contributed by atoms with Gasteiger partial charge in [-0.05, 0) is 12.8 Å². The number of methoxy groups -OCH3 is 2. The van der Waals surface area contributed by atoms with Crippen LogP contribution in [0.1, 0.15) is 32.1 Å². The summed E-state index contributed by atoms with van der Waals surface area (Å²) in [5, 5.41) is 0. The van der Waals surface area contributed by atoms with E-state index in [-0.39, 0.29) is 5.92 Å². The zero-order valence-electron chi connectivity index (χ0n) is 11.1. The van der Waals surface area contributed by atoms with Crippen molar-refractivity contribution in [2.45, 2.75) is 32.1 Å². The van der Waals surface area contributed by atoms with Crippen LogP contribution in [0, 0.1) is 5.92 Å². The molecule has 0 atom stereocenters. The molecule has 1 rings (SSSR count). The first-order chi connectivity index (χ1) is 8.29. The average Bonchev–Trinajstić information content (AvgIpc) is 2.39. The molecule has 1 aliphatic rings. The molecule has 0 N–H and O–H groups in total. The highest BCUT2D eigenvalue weighted by Gasteiger charge is 2.25. The quantitative estimate of drug-likeness (QED) is 0.683. The Morgan fingerprint density at radius 1 is 1.06 bits per heavy atom. The van der Waals surface area contributed by atoms with Gasteiger partial charge in [0.1, 0.15) is 0 Å². The van der Waals surface area contributed by atoms with Gasteiger partial charge in [0.25, 0.3) is 0 Å². The van der Waals surface area contributed by atoms with Crippen molar-refractivity contribution in [3.63, 3.8) is 0 Å². The summed E-state index contributed by atoms with van der Waals surface area (Å²) in [4.78, 5) is 14.2. The molecule has 100 valence electrons. The lowest BCUT2D eigenvalue weighted by atomic mass is 9.88. The number of amides is 1. The molecule has 0 bridgehead atoms. The molecule has 1 saturated carbocycles. The van der Waals surface area contributed by atoms with Gasteiger partial charge in [-0.3, -0.25) is 4.79 Å². The van der Waals surface area contributed by atoms with Crippen molar-refractivity contribution in [1.82, 2.24) is 4.90 Å². The Bertz CT molecular complexity index is 207. The number of hydrogen-bond acceptors (Lipinski definition) is 3. The molecule has 4 heteroatoms. The Labute approximate surface area is 104 Å². The predicted octanol–water partition coefficient (Wildman–Crippen LogP) is 1.69. The van der Waals surface area contributed by atoms with Gasteiger partial charge in [-0.15, -0.1) is 0 Å². The molecule has 1 amide bonds. The van der Waals surface area contributed by atoms with Crippen molar-refractivity contribution >= 4 is 5.91 Å². The van der Waals surface area contributed by atoms with E-state index in [1.54, 1.807) is 14.2 Å². The lowest BCUT2D eigenvalue weighted by molar-refractivity contribution is -0.137. The third-order valence-electron chi connectivity index (χ3n) is 3.40. The second kappa shape index (κ2) is 8.48. The van der Waals surface area contributed by atoms with Crippen LogP contribution in [0.25, 0.3) is 0 Å². The predicted molar refractivity (Wildman–Crippen MR) is 66.9 cm³/mol. The molecule has 0 aromatic heterocycles.